The number of hydrogen-bond donors (Lipinski definition) is 0. The maximum atomic E-state index is 11.5. The lowest BCUT2D eigenvalue weighted by Crippen LogP contribution is -2.14. The van der Waals surface area contributed by atoms with Crippen molar-refractivity contribution in [2.24, 2.45) is 0 Å². The molecule has 0 bridgehead atoms. The minimum absolute atomic E-state index is 0.124. The highest BCUT2D eigenvalue weighted by atomic mass is 32.2. The lowest BCUT2D eigenvalue weighted by atomic mass is 10.1. The van der Waals surface area contributed by atoms with Crippen LogP contribution in [0.3, 0.4) is 0 Å². The quantitative estimate of drug-likeness (QED) is 0.748. The highest BCUT2D eigenvalue weighted by Crippen LogP contribution is 2.06. The molecule has 1 aromatic rings. The third-order valence-corrected chi connectivity index (χ3v) is 2.98. The zero-order chi connectivity index (χ0) is 12.9. The van der Waals surface area contributed by atoms with Gasteiger partial charge in [0.15, 0.2) is 9.84 Å². The van der Waals surface area contributed by atoms with Gasteiger partial charge in [0, 0.05) is 6.26 Å². The van der Waals surface area contributed by atoms with Gasteiger partial charge in [0.1, 0.15) is 6.61 Å². The van der Waals surface area contributed by atoms with Gasteiger partial charge in [-0.25, -0.2) is 13.2 Å². The Bertz CT molecular complexity index is 500. The van der Waals surface area contributed by atoms with Crippen molar-refractivity contribution in [2.45, 2.75) is 0 Å². The first-order valence-corrected chi connectivity index (χ1v) is 7.06. The predicted octanol–water partition coefficient (Wildman–Crippen LogP) is 1.53. The number of rotatable bonds is 5. The molecule has 5 heteroatoms. The highest BCUT2D eigenvalue weighted by molar-refractivity contribution is 7.90. The number of carbonyl (C=O) groups excluding carboxylic acids is 1. The molecule has 1 aromatic carbocycles. The highest BCUT2D eigenvalue weighted by Gasteiger charge is 2.08. The molecule has 0 aromatic heterocycles. The van der Waals surface area contributed by atoms with Crippen molar-refractivity contribution in [2.75, 3.05) is 18.6 Å². The van der Waals surface area contributed by atoms with E-state index in [9.17, 15) is 13.2 Å². The number of esters is 1. The summed E-state index contributed by atoms with van der Waals surface area (Å²) >= 11 is 0. The van der Waals surface area contributed by atoms with E-state index in [1.165, 1.54) is 0 Å². The molecule has 1 rings (SSSR count). The normalized spacial score (nSPS) is 10.9. The van der Waals surface area contributed by atoms with Gasteiger partial charge < -0.3 is 4.74 Å². The number of ether oxygens (including phenoxy) is 1. The lowest BCUT2D eigenvalue weighted by Gasteiger charge is -2.04. The largest absolute Gasteiger partial charge is 0.461 e. The summed E-state index contributed by atoms with van der Waals surface area (Å²) < 4.78 is 26.5. The minimum Gasteiger partial charge on any atom is -0.461 e. The second-order valence-electron chi connectivity index (χ2n) is 3.59. The first-order valence-electron chi connectivity index (χ1n) is 5.00. The van der Waals surface area contributed by atoms with E-state index in [4.69, 9.17) is 4.74 Å². The van der Waals surface area contributed by atoms with Crippen LogP contribution in [0.5, 0.6) is 0 Å². The van der Waals surface area contributed by atoms with E-state index in [1.807, 2.05) is 0 Å². The molecule has 0 saturated heterocycles. The molecular weight excluding hydrogens is 240 g/mol. The van der Waals surface area contributed by atoms with Crippen LogP contribution in [0.1, 0.15) is 15.9 Å². The van der Waals surface area contributed by atoms with Crippen LogP contribution in [-0.2, 0) is 14.6 Å². The van der Waals surface area contributed by atoms with Crippen LogP contribution in [0.4, 0.5) is 0 Å². The second kappa shape index (κ2) is 5.63. The van der Waals surface area contributed by atoms with E-state index in [0.717, 1.165) is 11.8 Å². The maximum Gasteiger partial charge on any atom is 0.338 e. The first-order chi connectivity index (χ1) is 7.92. The van der Waals surface area contributed by atoms with Crippen LogP contribution in [0.2, 0.25) is 0 Å². The molecule has 0 N–H and O–H groups in total. The fraction of sp³-hybridized carbons (Fsp3) is 0.250. The molecule has 0 aliphatic rings. The van der Waals surface area contributed by atoms with E-state index < -0.39 is 15.8 Å². The standard InChI is InChI=1S/C12H14O4S/c1-3-10-4-6-11(7-5-10)12(13)16-8-9-17(2,14)15/h3-7H,1,8-9H2,2H3. The first kappa shape index (κ1) is 13.4. The summed E-state index contributed by atoms with van der Waals surface area (Å²) in [6.07, 6.45) is 2.76. The number of carbonyl (C=O) groups is 1. The molecule has 0 amide bonds. The summed E-state index contributed by atoms with van der Waals surface area (Å²) in [4.78, 5) is 11.5. The zero-order valence-corrected chi connectivity index (χ0v) is 10.4. The minimum atomic E-state index is -3.10. The van der Waals surface area contributed by atoms with E-state index in [-0.39, 0.29) is 12.4 Å². The summed E-state index contributed by atoms with van der Waals surface area (Å²) in [5, 5.41) is 0. The van der Waals surface area contributed by atoms with Crippen molar-refractivity contribution in [3.63, 3.8) is 0 Å². The molecule has 0 fully saturated rings. The molecule has 4 nitrogen and oxygen atoms in total. The Kier molecular flexibility index (Phi) is 4.45. The van der Waals surface area contributed by atoms with Crippen molar-refractivity contribution in [3.8, 4) is 0 Å². The number of sulfone groups is 1. The molecule has 0 aliphatic carbocycles. The Balaban J connectivity index is 2.55. The van der Waals surface area contributed by atoms with E-state index in [1.54, 1.807) is 30.3 Å². The summed E-state index contributed by atoms with van der Waals surface area (Å²) in [5.74, 6) is -0.687. The lowest BCUT2D eigenvalue weighted by molar-refractivity contribution is 0.0529. The Morgan fingerprint density at radius 3 is 2.41 bits per heavy atom. The summed E-state index contributed by atoms with van der Waals surface area (Å²) in [6, 6.07) is 6.69. The van der Waals surface area contributed by atoms with E-state index in [0.29, 0.717) is 5.56 Å². The SMILES string of the molecule is C=Cc1ccc(C(=O)OCCS(C)(=O)=O)cc1. The van der Waals surface area contributed by atoms with Gasteiger partial charge in [0.2, 0.25) is 0 Å². The van der Waals surface area contributed by atoms with Gasteiger partial charge in [-0.05, 0) is 17.7 Å². The van der Waals surface area contributed by atoms with Crippen molar-refractivity contribution >= 4 is 21.9 Å². The van der Waals surface area contributed by atoms with Gasteiger partial charge in [-0.3, -0.25) is 0 Å². The smallest absolute Gasteiger partial charge is 0.338 e. The van der Waals surface area contributed by atoms with E-state index in [2.05, 4.69) is 6.58 Å². The third-order valence-electron chi connectivity index (χ3n) is 2.07. The molecule has 17 heavy (non-hydrogen) atoms. The molecule has 0 aliphatic heterocycles. The topological polar surface area (TPSA) is 60.4 Å². The summed E-state index contributed by atoms with van der Waals surface area (Å²) in [6.45, 7) is 3.48. The van der Waals surface area contributed by atoms with E-state index >= 15 is 0 Å². The predicted molar refractivity (Wildman–Crippen MR) is 66.5 cm³/mol. The van der Waals surface area contributed by atoms with Crippen LogP contribution >= 0.6 is 0 Å². The van der Waals surface area contributed by atoms with Gasteiger partial charge in [-0.1, -0.05) is 24.8 Å². The Morgan fingerprint density at radius 2 is 1.94 bits per heavy atom. The Hall–Kier alpha value is -1.62. The van der Waals surface area contributed by atoms with Crippen LogP contribution in [0.15, 0.2) is 30.8 Å². The van der Waals surface area contributed by atoms with Gasteiger partial charge in [0.05, 0.1) is 11.3 Å². The Morgan fingerprint density at radius 1 is 1.35 bits per heavy atom. The van der Waals surface area contributed by atoms with Crippen molar-refractivity contribution in [1.82, 2.24) is 0 Å². The van der Waals surface area contributed by atoms with Crippen LogP contribution in [-0.4, -0.2) is 33.0 Å². The molecule has 0 saturated carbocycles. The fourth-order valence-electron chi connectivity index (χ4n) is 1.12. The van der Waals surface area contributed by atoms with Gasteiger partial charge in [-0.15, -0.1) is 0 Å². The molecular formula is C12H14O4S. The molecule has 0 radical (unpaired) electrons. The number of hydrogen-bond acceptors (Lipinski definition) is 4. The molecule has 0 atom stereocenters. The fourth-order valence-corrected chi connectivity index (χ4v) is 1.51. The second-order valence-corrected chi connectivity index (χ2v) is 5.85. The number of benzene rings is 1. The molecule has 0 spiro atoms. The molecule has 0 heterocycles. The summed E-state index contributed by atoms with van der Waals surface area (Å²) in [5.41, 5.74) is 1.29. The zero-order valence-electron chi connectivity index (χ0n) is 9.55. The molecule has 0 unspecified atom stereocenters. The third kappa shape index (κ3) is 4.82. The van der Waals surface area contributed by atoms with Gasteiger partial charge in [-0.2, -0.15) is 0 Å². The summed E-state index contributed by atoms with van der Waals surface area (Å²) in [7, 11) is -3.10. The maximum absolute atomic E-state index is 11.5. The van der Waals surface area contributed by atoms with Crippen molar-refractivity contribution < 1.29 is 17.9 Å². The van der Waals surface area contributed by atoms with Crippen LogP contribution < -0.4 is 0 Å². The Labute approximate surface area is 101 Å². The van der Waals surface area contributed by atoms with Crippen LogP contribution in [0, 0.1) is 0 Å². The average Bonchev–Trinajstić information content (AvgIpc) is 2.27. The average molecular weight is 254 g/mol. The monoisotopic (exact) mass is 254 g/mol. The van der Waals surface area contributed by atoms with Crippen molar-refractivity contribution in [1.29, 1.82) is 0 Å². The van der Waals surface area contributed by atoms with Crippen LogP contribution in [0.25, 0.3) is 6.08 Å². The van der Waals surface area contributed by atoms with Crippen molar-refractivity contribution in [3.05, 3.63) is 42.0 Å². The molecule has 92 valence electrons. The van der Waals surface area contributed by atoms with Gasteiger partial charge in [0.25, 0.3) is 0 Å². The van der Waals surface area contributed by atoms with Gasteiger partial charge >= 0.3 is 5.97 Å².